The number of aliphatic imine (C=N–C) groups is 1. The molecule has 2 saturated heterocycles. The lowest BCUT2D eigenvalue weighted by atomic mass is 10.2. The van der Waals surface area contributed by atoms with E-state index in [1.165, 1.54) is 11.8 Å². The molecule has 0 spiro atoms. The van der Waals surface area contributed by atoms with Crippen molar-refractivity contribution in [1.82, 2.24) is 0 Å². The lowest BCUT2D eigenvalue weighted by molar-refractivity contribution is -0.116. The number of amides is 1. The van der Waals surface area contributed by atoms with Crippen LogP contribution >= 0.6 is 23.4 Å². The zero-order valence-electron chi connectivity index (χ0n) is 11.8. The molecule has 0 unspecified atom stereocenters. The van der Waals surface area contributed by atoms with Gasteiger partial charge in [-0.15, -0.1) is 0 Å². The van der Waals surface area contributed by atoms with Crippen LogP contribution < -0.4 is 4.90 Å². The summed E-state index contributed by atoms with van der Waals surface area (Å²) < 4.78 is 23.8. The van der Waals surface area contributed by atoms with Crippen LogP contribution in [0.15, 0.2) is 29.3 Å². The van der Waals surface area contributed by atoms with E-state index in [2.05, 4.69) is 4.99 Å². The van der Waals surface area contributed by atoms with Crippen molar-refractivity contribution in [1.29, 1.82) is 5.26 Å². The molecule has 0 saturated carbocycles. The monoisotopic (exact) mass is 369 g/mol. The molecule has 0 N–H and O–H groups in total. The number of thioether (sulfide) groups is 1. The molecule has 0 bridgehead atoms. The number of sulfone groups is 1. The zero-order valence-corrected chi connectivity index (χ0v) is 14.2. The Morgan fingerprint density at radius 1 is 1.48 bits per heavy atom. The van der Waals surface area contributed by atoms with E-state index in [0.717, 1.165) is 0 Å². The number of nitrogens with zero attached hydrogens (tertiary/aromatic N) is 3. The topological polar surface area (TPSA) is 90.6 Å². The summed E-state index contributed by atoms with van der Waals surface area (Å²) in [5.74, 6) is -0.460. The summed E-state index contributed by atoms with van der Waals surface area (Å²) in [6.45, 7) is 0. The summed E-state index contributed by atoms with van der Waals surface area (Å²) >= 11 is 7.29. The number of rotatable bonds is 2. The Bertz CT molecular complexity index is 832. The largest absolute Gasteiger partial charge is 0.316 e. The summed E-state index contributed by atoms with van der Waals surface area (Å²) in [6, 6.07) is 8.47. The van der Waals surface area contributed by atoms with Gasteiger partial charge in [0.05, 0.1) is 23.6 Å². The molecule has 2 aliphatic heterocycles. The number of benzene rings is 1. The smallest absolute Gasteiger partial charge is 0.262 e. The Labute approximate surface area is 143 Å². The molecule has 120 valence electrons. The summed E-state index contributed by atoms with van der Waals surface area (Å²) in [5.41, 5.74) is 0.693. The Morgan fingerprint density at radius 3 is 2.96 bits per heavy atom. The van der Waals surface area contributed by atoms with E-state index in [9.17, 15) is 13.2 Å². The first-order valence-corrected chi connectivity index (χ1v) is 9.88. The number of hydrogen-bond acceptors (Lipinski definition) is 5. The highest BCUT2D eigenvalue weighted by atomic mass is 35.5. The number of carbonyl (C=O) groups excluding carboxylic acids is 1. The molecule has 1 aromatic carbocycles. The SMILES string of the molecule is N#CCC(=O)N=C1S[C@@H]2CS(=O)(=O)C[C@H]2N1c1cccc(Cl)c1. The van der Waals surface area contributed by atoms with Crippen molar-refractivity contribution in [2.24, 2.45) is 4.99 Å². The number of fused-ring (bicyclic) bond motifs is 1. The van der Waals surface area contributed by atoms with Crippen molar-refractivity contribution >= 4 is 50.0 Å². The number of hydrogen-bond donors (Lipinski definition) is 0. The lowest BCUT2D eigenvalue weighted by Gasteiger charge is -2.24. The van der Waals surface area contributed by atoms with Crippen molar-refractivity contribution in [3.05, 3.63) is 29.3 Å². The predicted molar refractivity (Wildman–Crippen MR) is 90.4 cm³/mol. The fraction of sp³-hybridized carbons (Fsp3) is 0.357. The summed E-state index contributed by atoms with van der Waals surface area (Å²) in [4.78, 5) is 17.4. The highest BCUT2D eigenvalue weighted by molar-refractivity contribution is 8.16. The van der Waals surface area contributed by atoms with Crippen LogP contribution in [0.25, 0.3) is 0 Å². The lowest BCUT2D eigenvalue weighted by Crippen LogP contribution is -2.37. The quantitative estimate of drug-likeness (QED) is 0.790. The van der Waals surface area contributed by atoms with Gasteiger partial charge in [0.25, 0.3) is 5.91 Å². The van der Waals surface area contributed by atoms with Gasteiger partial charge in [0.15, 0.2) is 15.0 Å². The van der Waals surface area contributed by atoms with Crippen LogP contribution in [0.2, 0.25) is 5.02 Å². The fourth-order valence-corrected chi connectivity index (χ4v) is 6.82. The first-order valence-electron chi connectivity index (χ1n) is 6.80. The molecule has 2 atom stereocenters. The normalized spacial score (nSPS) is 27.0. The number of amidine groups is 1. The molecule has 1 amide bonds. The molecule has 6 nitrogen and oxygen atoms in total. The third-order valence-corrected chi connectivity index (χ3v) is 7.05. The van der Waals surface area contributed by atoms with Gasteiger partial charge in [-0.05, 0) is 18.2 Å². The maximum Gasteiger partial charge on any atom is 0.262 e. The number of anilines is 1. The van der Waals surface area contributed by atoms with E-state index in [0.29, 0.717) is 15.9 Å². The molecule has 2 heterocycles. The molecule has 23 heavy (non-hydrogen) atoms. The summed E-state index contributed by atoms with van der Waals surface area (Å²) in [6.07, 6.45) is -0.304. The highest BCUT2D eigenvalue weighted by Crippen LogP contribution is 2.41. The predicted octanol–water partition coefficient (Wildman–Crippen LogP) is 1.86. The molecule has 0 radical (unpaired) electrons. The average molecular weight is 370 g/mol. The van der Waals surface area contributed by atoms with E-state index in [4.69, 9.17) is 16.9 Å². The van der Waals surface area contributed by atoms with Crippen LogP contribution in [0, 0.1) is 11.3 Å². The standard InChI is InChI=1S/C14H12ClN3O3S2/c15-9-2-1-3-10(6-9)18-11-7-23(20,21)8-12(11)22-14(18)17-13(19)4-5-16/h1-3,6,11-12H,4,7-8H2/t11-,12-/m1/s1. The van der Waals surface area contributed by atoms with E-state index in [1.54, 1.807) is 35.2 Å². The molecule has 0 aromatic heterocycles. The highest BCUT2D eigenvalue weighted by Gasteiger charge is 2.49. The molecule has 2 aliphatic rings. The maximum atomic E-state index is 11.9. The van der Waals surface area contributed by atoms with Gasteiger partial charge < -0.3 is 4.90 Å². The average Bonchev–Trinajstić information content (AvgIpc) is 2.89. The second kappa shape index (κ2) is 6.15. The molecule has 1 aromatic rings. The van der Waals surface area contributed by atoms with E-state index in [-0.39, 0.29) is 29.2 Å². The minimum absolute atomic E-state index is 0.0165. The molecule has 3 rings (SSSR count). The molecular weight excluding hydrogens is 358 g/mol. The first kappa shape index (κ1) is 16.3. The molecule has 9 heteroatoms. The van der Waals surface area contributed by atoms with E-state index >= 15 is 0 Å². The zero-order chi connectivity index (χ0) is 16.6. The van der Waals surface area contributed by atoms with Gasteiger partial charge in [-0.1, -0.05) is 29.4 Å². The fourth-order valence-electron chi connectivity index (χ4n) is 2.71. The molecule has 0 aliphatic carbocycles. The Kier molecular flexibility index (Phi) is 4.36. The Morgan fingerprint density at radius 2 is 2.26 bits per heavy atom. The van der Waals surface area contributed by atoms with E-state index < -0.39 is 15.7 Å². The van der Waals surface area contributed by atoms with Crippen LogP contribution in [0.4, 0.5) is 5.69 Å². The van der Waals surface area contributed by atoms with E-state index in [1.807, 2.05) is 0 Å². The Balaban J connectivity index is 2.01. The van der Waals surface area contributed by atoms with Gasteiger partial charge in [-0.25, -0.2) is 8.42 Å². The second-order valence-corrected chi connectivity index (χ2v) is 9.07. The van der Waals surface area contributed by atoms with Crippen molar-refractivity contribution in [3.63, 3.8) is 0 Å². The summed E-state index contributed by atoms with van der Waals surface area (Å²) in [5, 5.41) is 9.37. The van der Waals surface area contributed by atoms with Crippen molar-refractivity contribution in [2.75, 3.05) is 16.4 Å². The third-order valence-electron chi connectivity index (χ3n) is 3.60. The second-order valence-electron chi connectivity index (χ2n) is 5.27. The van der Waals surface area contributed by atoms with Crippen LogP contribution in [0.1, 0.15) is 6.42 Å². The van der Waals surface area contributed by atoms with Gasteiger partial charge in [0, 0.05) is 16.0 Å². The Hall–Kier alpha value is -1.56. The van der Waals surface area contributed by atoms with Crippen LogP contribution in [0.3, 0.4) is 0 Å². The van der Waals surface area contributed by atoms with Crippen LogP contribution in [0.5, 0.6) is 0 Å². The minimum atomic E-state index is -3.11. The van der Waals surface area contributed by atoms with Gasteiger partial charge >= 0.3 is 0 Å². The number of carbonyl (C=O) groups is 1. The molecular formula is C14H12ClN3O3S2. The number of nitriles is 1. The van der Waals surface area contributed by atoms with Crippen molar-refractivity contribution < 1.29 is 13.2 Å². The first-order chi connectivity index (χ1) is 10.9. The number of halogens is 1. The molecule has 2 fully saturated rings. The van der Waals surface area contributed by atoms with Crippen molar-refractivity contribution in [2.45, 2.75) is 17.7 Å². The van der Waals surface area contributed by atoms with Gasteiger partial charge in [-0.2, -0.15) is 10.3 Å². The third kappa shape index (κ3) is 3.37. The summed E-state index contributed by atoms with van der Waals surface area (Å²) in [7, 11) is -3.11. The van der Waals surface area contributed by atoms with Crippen molar-refractivity contribution in [3.8, 4) is 6.07 Å². The maximum absolute atomic E-state index is 11.9. The minimum Gasteiger partial charge on any atom is -0.316 e. The van der Waals surface area contributed by atoms with Crippen LogP contribution in [-0.2, 0) is 14.6 Å². The van der Waals surface area contributed by atoms with Crippen LogP contribution in [-0.4, -0.2) is 42.3 Å². The van der Waals surface area contributed by atoms with Gasteiger partial charge in [-0.3, -0.25) is 4.79 Å². The van der Waals surface area contributed by atoms with Gasteiger partial charge in [0.1, 0.15) is 6.42 Å². The van der Waals surface area contributed by atoms with Gasteiger partial charge in [0.2, 0.25) is 0 Å².